The van der Waals surface area contributed by atoms with Gasteiger partial charge >= 0.3 is 0 Å². The fraction of sp³-hybridized carbons (Fsp3) is 0.0870. The van der Waals surface area contributed by atoms with Gasteiger partial charge in [-0.15, -0.1) is 10.2 Å². The predicted molar refractivity (Wildman–Crippen MR) is 118 cm³/mol. The molecule has 4 rings (SSSR count). The molecule has 0 aliphatic carbocycles. The monoisotopic (exact) mass is 419 g/mol. The lowest BCUT2D eigenvalue weighted by Crippen LogP contribution is -2.05. The molecule has 0 spiro atoms. The van der Waals surface area contributed by atoms with Gasteiger partial charge in [0.2, 0.25) is 0 Å². The Morgan fingerprint density at radius 1 is 0.931 bits per heavy atom. The van der Waals surface area contributed by atoms with E-state index in [-0.39, 0.29) is 11.5 Å². The molecule has 4 nitrogen and oxygen atoms in total. The Hall–Kier alpha value is -2.89. The molecule has 1 aromatic heterocycles. The number of carbonyl (C=O) groups excluding carboxylic acids is 1. The van der Waals surface area contributed by atoms with Crippen LogP contribution in [0.25, 0.3) is 17.1 Å². The lowest BCUT2D eigenvalue weighted by atomic mass is 10.1. The number of benzene rings is 3. The number of Topliss-reactive ketones (excluding diaryl/α,β-unsaturated/α-hetero) is 1. The number of hydrogen-bond acceptors (Lipinski definition) is 4. The highest BCUT2D eigenvalue weighted by Gasteiger charge is 2.18. The van der Waals surface area contributed by atoms with E-state index in [2.05, 4.69) is 10.2 Å². The molecule has 4 aromatic rings. The van der Waals surface area contributed by atoms with E-state index in [0.717, 1.165) is 16.8 Å². The van der Waals surface area contributed by atoms with Crippen LogP contribution in [0.3, 0.4) is 0 Å². The van der Waals surface area contributed by atoms with Crippen molar-refractivity contribution in [3.63, 3.8) is 0 Å². The molecule has 6 heteroatoms. The number of aromatic nitrogens is 3. The number of halogens is 1. The largest absolute Gasteiger partial charge is 0.293 e. The lowest BCUT2D eigenvalue weighted by molar-refractivity contribution is 0.102. The third-order valence-electron chi connectivity index (χ3n) is 4.52. The molecule has 0 N–H and O–H groups in total. The average Bonchev–Trinajstić information content (AvgIpc) is 3.17. The maximum Gasteiger partial charge on any atom is 0.196 e. The Morgan fingerprint density at radius 2 is 1.62 bits per heavy atom. The summed E-state index contributed by atoms with van der Waals surface area (Å²) in [5, 5.41) is 10.2. The standard InChI is InChI=1S/C23H18ClN3OS/c1-16-7-5-6-10-20(16)27-22(18-11-13-19(24)14-12-18)25-26-23(27)29-15-21(28)17-8-3-2-4-9-17/h2-14H,15H2,1H3. The zero-order valence-corrected chi connectivity index (χ0v) is 17.3. The summed E-state index contributed by atoms with van der Waals surface area (Å²) in [4.78, 5) is 12.6. The third kappa shape index (κ3) is 4.26. The molecule has 0 amide bonds. The van der Waals surface area contributed by atoms with E-state index >= 15 is 0 Å². The van der Waals surface area contributed by atoms with E-state index in [1.54, 1.807) is 0 Å². The molecule has 3 aromatic carbocycles. The van der Waals surface area contributed by atoms with E-state index < -0.39 is 0 Å². The van der Waals surface area contributed by atoms with Crippen LogP contribution in [-0.4, -0.2) is 26.3 Å². The molecule has 0 bridgehead atoms. The molecule has 0 aliphatic heterocycles. The number of para-hydroxylation sites is 1. The fourth-order valence-corrected chi connectivity index (χ4v) is 3.98. The second-order valence-corrected chi connectivity index (χ2v) is 7.89. The first-order valence-electron chi connectivity index (χ1n) is 9.12. The van der Waals surface area contributed by atoms with Crippen molar-refractivity contribution in [3.8, 4) is 17.1 Å². The van der Waals surface area contributed by atoms with Crippen molar-refractivity contribution in [2.24, 2.45) is 0 Å². The van der Waals surface area contributed by atoms with Crippen LogP contribution in [0, 0.1) is 6.92 Å². The van der Waals surface area contributed by atoms with Crippen LogP contribution in [0.1, 0.15) is 15.9 Å². The highest BCUT2D eigenvalue weighted by atomic mass is 35.5. The van der Waals surface area contributed by atoms with Crippen LogP contribution < -0.4 is 0 Å². The van der Waals surface area contributed by atoms with Gasteiger partial charge in [0.25, 0.3) is 0 Å². The maximum atomic E-state index is 12.6. The Bertz CT molecular complexity index is 1140. The maximum absolute atomic E-state index is 12.6. The summed E-state index contributed by atoms with van der Waals surface area (Å²) in [6.07, 6.45) is 0. The summed E-state index contributed by atoms with van der Waals surface area (Å²) >= 11 is 7.43. The molecule has 0 atom stereocenters. The van der Waals surface area contributed by atoms with Gasteiger partial charge in [0, 0.05) is 16.1 Å². The first-order chi connectivity index (χ1) is 14.1. The normalized spacial score (nSPS) is 10.8. The molecular formula is C23H18ClN3OS. The first-order valence-corrected chi connectivity index (χ1v) is 10.5. The van der Waals surface area contributed by atoms with Gasteiger partial charge in [-0.1, -0.05) is 71.9 Å². The van der Waals surface area contributed by atoms with E-state index in [1.807, 2.05) is 90.4 Å². The SMILES string of the molecule is Cc1ccccc1-n1c(SCC(=O)c2ccccc2)nnc1-c1ccc(Cl)cc1. The lowest BCUT2D eigenvalue weighted by Gasteiger charge is -2.13. The first kappa shape index (κ1) is 19.4. The molecule has 0 aliphatic rings. The van der Waals surface area contributed by atoms with Crippen molar-refractivity contribution >= 4 is 29.1 Å². The molecule has 29 heavy (non-hydrogen) atoms. The van der Waals surface area contributed by atoms with Gasteiger partial charge in [-0.05, 0) is 42.8 Å². The van der Waals surface area contributed by atoms with Gasteiger partial charge in [0.1, 0.15) is 0 Å². The molecular weight excluding hydrogens is 402 g/mol. The van der Waals surface area contributed by atoms with Crippen molar-refractivity contribution in [3.05, 3.63) is 95.0 Å². The number of rotatable bonds is 6. The average molecular weight is 420 g/mol. The summed E-state index contributed by atoms with van der Waals surface area (Å²) in [6, 6.07) is 24.9. The minimum atomic E-state index is 0.0583. The van der Waals surface area contributed by atoms with Gasteiger partial charge < -0.3 is 0 Å². The van der Waals surface area contributed by atoms with Crippen LogP contribution >= 0.6 is 23.4 Å². The molecule has 0 saturated carbocycles. The van der Waals surface area contributed by atoms with Crippen molar-refractivity contribution < 1.29 is 4.79 Å². The van der Waals surface area contributed by atoms with Crippen LogP contribution in [0.5, 0.6) is 0 Å². The smallest absolute Gasteiger partial charge is 0.196 e. The van der Waals surface area contributed by atoms with Gasteiger partial charge in [0.15, 0.2) is 16.8 Å². The van der Waals surface area contributed by atoms with E-state index in [0.29, 0.717) is 21.6 Å². The van der Waals surface area contributed by atoms with Crippen LogP contribution in [0.2, 0.25) is 5.02 Å². The van der Waals surface area contributed by atoms with Gasteiger partial charge in [0.05, 0.1) is 11.4 Å². The Kier molecular flexibility index (Phi) is 5.79. The van der Waals surface area contributed by atoms with Crippen molar-refractivity contribution in [2.75, 3.05) is 5.75 Å². The quantitative estimate of drug-likeness (QED) is 0.289. The topological polar surface area (TPSA) is 47.8 Å². The van der Waals surface area contributed by atoms with Crippen molar-refractivity contribution in [2.45, 2.75) is 12.1 Å². The highest BCUT2D eigenvalue weighted by molar-refractivity contribution is 7.99. The van der Waals surface area contributed by atoms with Crippen molar-refractivity contribution in [1.82, 2.24) is 14.8 Å². The number of aryl methyl sites for hydroxylation is 1. The van der Waals surface area contributed by atoms with E-state index in [1.165, 1.54) is 11.8 Å². The number of carbonyl (C=O) groups is 1. The number of nitrogens with zero attached hydrogens (tertiary/aromatic N) is 3. The van der Waals surface area contributed by atoms with Gasteiger partial charge in [-0.2, -0.15) is 0 Å². The zero-order chi connectivity index (χ0) is 20.2. The van der Waals surface area contributed by atoms with Gasteiger partial charge in [-0.3, -0.25) is 9.36 Å². The molecule has 1 heterocycles. The van der Waals surface area contributed by atoms with Crippen LogP contribution in [0.15, 0.2) is 84.0 Å². The molecule has 144 valence electrons. The number of thioether (sulfide) groups is 1. The Labute approximate surface area is 178 Å². The second kappa shape index (κ2) is 8.64. The Balaban J connectivity index is 1.71. The van der Waals surface area contributed by atoms with E-state index in [9.17, 15) is 4.79 Å². The summed E-state index contributed by atoms with van der Waals surface area (Å²) < 4.78 is 2.00. The predicted octanol–water partition coefficient (Wildman–Crippen LogP) is 5.87. The van der Waals surface area contributed by atoms with Crippen LogP contribution in [0.4, 0.5) is 0 Å². The molecule has 0 unspecified atom stereocenters. The minimum absolute atomic E-state index is 0.0583. The highest BCUT2D eigenvalue weighted by Crippen LogP contribution is 2.30. The number of hydrogen-bond donors (Lipinski definition) is 0. The van der Waals surface area contributed by atoms with Crippen molar-refractivity contribution in [1.29, 1.82) is 0 Å². The fourth-order valence-electron chi connectivity index (χ4n) is 3.02. The molecule has 0 radical (unpaired) electrons. The zero-order valence-electron chi connectivity index (χ0n) is 15.7. The second-order valence-electron chi connectivity index (χ2n) is 6.51. The van der Waals surface area contributed by atoms with E-state index in [4.69, 9.17) is 11.6 Å². The number of ketones is 1. The summed E-state index contributed by atoms with van der Waals surface area (Å²) in [5.41, 5.74) is 3.68. The summed E-state index contributed by atoms with van der Waals surface area (Å²) in [5.74, 6) is 1.06. The van der Waals surface area contributed by atoms with Crippen LogP contribution in [-0.2, 0) is 0 Å². The summed E-state index contributed by atoms with van der Waals surface area (Å²) in [6.45, 7) is 2.05. The minimum Gasteiger partial charge on any atom is -0.293 e. The third-order valence-corrected chi connectivity index (χ3v) is 5.70. The van der Waals surface area contributed by atoms with Gasteiger partial charge in [-0.25, -0.2) is 0 Å². The Morgan fingerprint density at radius 3 is 2.34 bits per heavy atom. The molecule has 0 saturated heterocycles. The molecule has 0 fully saturated rings. The summed E-state index contributed by atoms with van der Waals surface area (Å²) in [7, 11) is 0.